The Morgan fingerprint density at radius 1 is 1.55 bits per heavy atom. The number of hydrazine groups is 1. The molecule has 106 valence electrons. The van der Waals surface area contributed by atoms with Crippen LogP contribution in [0.2, 0.25) is 5.02 Å². The van der Waals surface area contributed by atoms with E-state index in [4.69, 9.17) is 11.6 Å². The van der Waals surface area contributed by atoms with E-state index in [1.807, 2.05) is 0 Å². The van der Waals surface area contributed by atoms with Crippen molar-refractivity contribution >= 4 is 29.4 Å². The number of nitrogens with zero attached hydrogens (tertiary/aromatic N) is 2. The lowest BCUT2D eigenvalue weighted by Crippen LogP contribution is -2.64. The van der Waals surface area contributed by atoms with Gasteiger partial charge in [0, 0.05) is 11.6 Å². The highest BCUT2D eigenvalue weighted by Gasteiger charge is 2.15. The first-order valence-corrected chi connectivity index (χ1v) is 5.94. The summed E-state index contributed by atoms with van der Waals surface area (Å²) in [6.07, 6.45) is 0.820. The highest BCUT2D eigenvalue weighted by molar-refractivity contribution is 6.32. The number of nitro groups is 1. The molecule has 1 amide bonds. The highest BCUT2D eigenvalue weighted by Crippen LogP contribution is 2.24. The van der Waals surface area contributed by atoms with Crippen LogP contribution in [0.3, 0.4) is 0 Å². The molecule has 0 aliphatic carbocycles. The molecule has 9 nitrogen and oxygen atoms in total. The van der Waals surface area contributed by atoms with Gasteiger partial charge in [0.15, 0.2) is 6.29 Å². The molecule has 1 aromatic carbocycles. The number of rotatable bonds is 4. The molecule has 1 unspecified atom stereocenters. The van der Waals surface area contributed by atoms with Crippen molar-refractivity contribution in [3.63, 3.8) is 0 Å². The monoisotopic (exact) mass is 298 g/mol. The maximum atomic E-state index is 11.1. The summed E-state index contributed by atoms with van der Waals surface area (Å²) < 4.78 is 0. The van der Waals surface area contributed by atoms with Crippen LogP contribution in [0.4, 0.5) is 5.69 Å². The Morgan fingerprint density at radius 2 is 2.35 bits per heavy atom. The number of halogens is 1. The lowest BCUT2D eigenvalue weighted by molar-refractivity contribution is -0.384. The van der Waals surface area contributed by atoms with Gasteiger partial charge in [-0.2, -0.15) is 5.10 Å². The summed E-state index contributed by atoms with van der Waals surface area (Å²) in [5.74, 6) is -0.182. The molecule has 1 aliphatic heterocycles. The molecular weight excluding hydrogens is 288 g/mol. The lowest BCUT2D eigenvalue weighted by atomic mass is 10.2. The fraction of sp³-hybridized carbons (Fsp3) is 0.200. The quantitative estimate of drug-likeness (QED) is 0.343. The second-order valence-electron chi connectivity index (χ2n) is 3.85. The van der Waals surface area contributed by atoms with Gasteiger partial charge in [-0.25, -0.2) is 10.9 Å². The van der Waals surface area contributed by atoms with Crippen molar-refractivity contribution in [2.75, 3.05) is 6.54 Å². The van der Waals surface area contributed by atoms with E-state index in [9.17, 15) is 14.9 Å². The van der Waals surface area contributed by atoms with Crippen LogP contribution in [0.1, 0.15) is 5.56 Å². The maximum Gasteiger partial charge on any atom is 0.288 e. The van der Waals surface area contributed by atoms with Gasteiger partial charge in [0.05, 0.1) is 17.7 Å². The number of carbonyl (C=O) groups is 1. The predicted molar refractivity (Wildman–Crippen MR) is 71.9 cm³/mol. The van der Waals surface area contributed by atoms with Gasteiger partial charge >= 0.3 is 0 Å². The Morgan fingerprint density at radius 3 is 3.05 bits per heavy atom. The molecule has 1 fully saturated rings. The normalized spacial score (nSPS) is 18.9. The number of nitrogens with one attached hydrogen (secondary N) is 4. The van der Waals surface area contributed by atoms with Crippen molar-refractivity contribution in [1.29, 1.82) is 0 Å². The molecule has 4 N–H and O–H groups in total. The maximum absolute atomic E-state index is 11.1. The first-order valence-electron chi connectivity index (χ1n) is 5.56. The van der Waals surface area contributed by atoms with Crippen molar-refractivity contribution in [1.82, 2.24) is 21.6 Å². The fourth-order valence-electron chi connectivity index (χ4n) is 1.48. The summed E-state index contributed by atoms with van der Waals surface area (Å²) in [7, 11) is 0. The van der Waals surface area contributed by atoms with E-state index in [0.717, 1.165) is 0 Å². The van der Waals surface area contributed by atoms with Crippen LogP contribution in [-0.4, -0.2) is 29.9 Å². The van der Waals surface area contributed by atoms with Crippen LogP contribution in [0.15, 0.2) is 23.3 Å². The third kappa shape index (κ3) is 3.63. The van der Waals surface area contributed by atoms with Crippen LogP contribution in [0.25, 0.3) is 0 Å². The van der Waals surface area contributed by atoms with Crippen molar-refractivity contribution < 1.29 is 9.72 Å². The van der Waals surface area contributed by atoms with Gasteiger partial charge in [-0.05, 0) is 6.07 Å². The van der Waals surface area contributed by atoms with E-state index < -0.39 is 11.2 Å². The summed E-state index contributed by atoms with van der Waals surface area (Å²) in [6.45, 7) is 0.172. The molecule has 1 aromatic rings. The molecule has 0 radical (unpaired) electrons. The summed E-state index contributed by atoms with van der Waals surface area (Å²) >= 11 is 5.70. The zero-order valence-corrected chi connectivity index (χ0v) is 10.8. The smallest absolute Gasteiger partial charge is 0.288 e. The standard InChI is InChI=1S/C10H11ClN6O3/c11-7-2-1-6(3-8(7)17(19)20)4-12-15-10-14-9(18)5-13-16-10/h1-4,10,13,15-16H,5H2,(H,14,18)/b12-4+. The van der Waals surface area contributed by atoms with Crippen molar-refractivity contribution in [3.8, 4) is 0 Å². The number of benzene rings is 1. The van der Waals surface area contributed by atoms with Crippen molar-refractivity contribution in [2.45, 2.75) is 6.29 Å². The predicted octanol–water partition coefficient (Wildman–Crippen LogP) is -0.321. The van der Waals surface area contributed by atoms with Crippen LogP contribution < -0.4 is 21.6 Å². The van der Waals surface area contributed by atoms with Gasteiger partial charge in [0.1, 0.15) is 5.02 Å². The summed E-state index contributed by atoms with van der Waals surface area (Å²) in [6, 6.07) is 4.31. The number of amides is 1. The average molecular weight is 299 g/mol. The summed E-state index contributed by atoms with van der Waals surface area (Å²) in [5, 5.41) is 17.2. The van der Waals surface area contributed by atoms with E-state index in [-0.39, 0.29) is 23.2 Å². The van der Waals surface area contributed by atoms with Gasteiger partial charge < -0.3 is 5.32 Å². The number of carbonyl (C=O) groups excluding carboxylic acids is 1. The highest BCUT2D eigenvalue weighted by atomic mass is 35.5. The van der Waals surface area contributed by atoms with Gasteiger partial charge in [-0.3, -0.25) is 20.3 Å². The molecule has 1 saturated heterocycles. The Bertz CT molecular complexity index is 564. The Balaban J connectivity index is 1.99. The Labute approximate surface area is 118 Å². The van der Waals surface area contributed by atoms with E-state index in [0.29, 0.717) is 5.56 Å². The first kappa shape index (κ1) is 14.2. The summed E-state index contributed by atoms with van der Waals surface area (Å²) in [4.78, 5) is 21.2. The van der Waals surface area contributed by atoms with Gasteiger partial charge in [-0.1, -0.05) is 17.7 Å². The molecule has 1 aliphatic rings. The largest absolute Gasteiger partial charge is 0.320 e. The first-order chi connectivity index (χ1) is 9.56. The third-order valence-corrected chi connectivity index (χ3v) is 2.70. The topological polar surface area (TPSA) is 121 Å². The molecule has 10 heteroatoms. The van der Waals surface area contributed by atoms with E-state index in [1.165, 1.54) is 18.3 Å². The Kier molecular flexibility index (Phi) is 4.45. The van der Waals surface area contributed by atoms with E-state index >= 15 is 0 Å². The molecule has 0 aromatic heterocycles. The summed E-state index contributed by atoms with van der Waals surface area (Å²) in [5.41, 5.74) is 8.33. The molecule has 0 saturated carbocycles. The lowest BCUT2D eigenvalue weighted by Gasteiger charge is -2.24. The molecule has 0 spiro atoms. The van der Waals surface area contributed by atoms with Crippen LogP contribution in [-0.2, 0) is 4.79 Å². The minimum absolute atomic E-state index is 0.0607. The minimum Gasteiger partial charge on any atom is -0.320 e. The molecular formula is C10H11ClN6O3. The van der Waals surface area contributed by atoms with Crippen LogP contribution >= 0.6 is 11.6 Å². The van der Waals surface area contributed by atoms with Gasteiger partial charge in [0.25, 0.3) is 5.69 Å². The number of nitro benzene ring substituents is 1. The van der Waals surface area contributed by atoms with Crippen molar-refractivity contribution in [2.24, 2.45) is 5.10 Å². The van der Waals surface area contributed by atoms with E-state index in [2.05, 4.69) is 26.7 Å². The zero-order chi connectivity index (χ0) is 14.5. The van der Waals surface area contributed by atoms with Gasteiger partial charge in [-0.15, -0.1) is 0 Å². The van der Waals surface area contributed by atoms with Gasteiger partial charge in [0.2, 0.25) is 5.91 Å². The zero-order valence-electron chi connectivity index (χ0n) is 10.1. The third-order valence-electron chi connectivity index (χ3n) is 2.38. The number of hydrazone groups is 1. The molecule has 1 atom stereocenters. The molecule has 2 rings (SSSR count). The minimum atomic E-state index is -0.570. The Hall–Kier alpha value is -2.23. The SMILES string of the molecule is O=C1CNNC(N/N=C/c2ccc(Cl)c([N+](=O)[O-])c2)N1. The number of hydrogen-bond acceptors (Lipinski definition) is 7. The molecule has 0 bridgehead atoms. The van der Waals surface area contributed by atoms with Crippen LogP contribution in [0.5, 0.6) is 0 Å². The molecule has 1 heterocycles. The van der Waals surface area contributed by atoms with E-state index in [1.54, 1.807) is 6.07 Å². The average Bonchev–Trinajstić information content (AvgIpc) is 2.40. The molecule has 20 heavy (non-hydrogen) atoms. The second-order valence-corrected chi connectivity index (χ2v) is 4.26. The fourth-order valence-corrected chi connectivity index (χ4v) is 1.67. The van der Waals surface area contributed by atoms with Crippen molar-refractivity contribution in [3.05, 3.63) is 38.9 Å². The second kappa shape index (κ2) is 6.28. The van der Waals surface area contributed by atoms with Crippen LogP contribution in [0, 0.1) is 10.1 Å². The number of hydrogen-bond donors (Lipinski definition) is 4.